The molecule has 0 N–H and O–H groups in total. The van der Waals surface area contributed by atoms with Gasteiger partial charge in [-0.05, 0) is 30.7 Å². The molecular formula is C23H24F3NO2. The van der Waals surface area contributed by atoms with Gasteiger partial charge in [-0.1, -0.05) is 68.3 Å². The Morgan fingerprint density at radius 3 is 2.10 bits per heavy atom. The number of alkyl halides is 3. The van der Waals surface area contributed by atoms with E-state index in [1.54, 1.807) is 7.05 Å². The van der Waals surface area contributed by atoms with Crippen molar-refractivity contribution in [3.05, 3.63) is 71.8 Å². The summed E-state index contributed by atoms with van der Waals surface area (Å²) >= 11 is 0. The molecule has 6 heteroatoms. The monoisotopic (exact) mass is 403 g/mol. The van der Waals surface area contributed by atoms with Crippen LogP contribution in [-0.4, -0.2) is 24.9 Å². The number of allylic oxidation sites excluding steroid dienone is 1. The Kier molecular flexibility index (Phi) is 12.2. The van der Waals surface area contributed by atoms with E-state index in [1.807, 2.05) is 56.3 Å². The van der Waals surface area contributed by atoms with Gasteiger partial charge in [-0.2, -0.15) is 0 Å². The minimum Gasteiger partial charge on any atom is -0.405 e. The highest BCUT2D eigenvalue weighted by atomic mass is 19.4. The average Bonchev–Trinajstić information content (AvgIpc) is 2.70. The van der Waals surface area contributed by atoms with Crippen molar-refractivity contribution in [1.82, 2.24) is 0 Å². The van der Waals surface area contributed by atoms with Crippen molar-refractivity contribution in [2.24, 2.45) is 4.99 Å². The summed E-state index contributed by atoms with van der Waals surface area (Å²) in [6, 6.07) is 15.2. The number of nitrogens with zero attached hydrogens (tertiary/aromatic N) is 1. The number of benzene rings is 2. The molecule has 0 aliphatic carbocycles. The molecule has 0 saturated carbocycles. The first-order valence-corrected chi connectivity index (χ1v) is 8.79. The van der Waals surface area contributed by atoms with Gasteiger partial charge in [0.15, 0.2) is 5.78 Å². The molecule has 154 valence electrons. The zero-order valence-corrected chi connectivity index (χ0v) is 16.8. The number of rotatable bonds is 4. The maximum absolute atomic E-state index is 11.9. The molecule has 0 radical (unpaired) electrons. The maximum Gasteiger partial charge on any atom is 0.573 e. The molecule has 0 bridgehead atoms. The molecule has 0 unspecified atom stereocenters. The lowest BCUT2D eigenvalue weighted by atomic mass is 10.1. The second-order valence-electron chi connectivity index (χ2n) is 5.10. The third-order valence-corrected chi connectivity index (χ3v) is 3.11. The van der Waals surface area contributed by atoms with Crippen LogP contribution in [0.25, 0.3) is 6.08 Å². The normalized spacial score (nSPS) is 10.8. The van der Waals surface area contributed by atoms with Crippen molar-refractivity contribution in [3.63, 3.8) is 0 Å². The highest BCUT2D eigenvalue weighted by Crippen LogP contribution is 2.26. The third-order valence-electron chi connectivity index (χ3n) is 3.11. The van der Waals surface area contributed by atoms with Crippen molar-refractivity contribution in [1.29, 1.82) is 0 Å². The van der Waals surface area contributed by atoms with E-state index in [9.17, 15) is 18.0 Å². The van der Waals surface area contributed by atoms with Gasteiger partial charge >= 0.3 is 6.36 Å². The topological polar surface area (TPSA) is 38.7 Å². The molecule has 0 aliphatic heterocycles. The van der Waals surface area contributed by atoms with Gasteiger partial charge in [0.2, 0.25) is 0 Å². The van der Waals surface area contributed by atoms with Crippen LogP contribution in [0.3, 0.4) is 0 Å². The van der Waals surface area contributed by atoms with E-state index in [1.165, 1.54) is 25.1 Å². The van der Waals surface area contributed by atoms with Gasteiger partial charge in [0.1, 0.15) is 11.5 Å². The summed E-state index contributed by atoms with van der Waals surface area (Å²) < 4.78 is 39.2. The maximum atomic E-state index is 11.9. The van der Waals surface area contributed by atoms with E-state index in [0.717, 1.165) is 11.6 Å². The third kappa shape index (κ3) is 11.2. The number of hydrogen-bond acceptors (Lipinski definition) is 3. The summed E-state index contributed by atoms with van der Waals surface area (Å²) in [6.45, 7) is 5.18. The van der Waals surface area contributed by atoms with Gasteiger partial charge < -0.3 is 4.74 Å². The molecule has 0 fully saturated rings. The summed E-state index contributed by atoms with van der Waals surface area (Å²) in [5.41, 5.74) is 1.70. The first kappa shape index (κ1) is 25.7. The van der Waals surface area contributed by atoms with Crippen LogP contribution < -0.4 is 4.74 Å². The molecule has 0 atom stereocenters. The molecule has 2 rings (SSSR count). The summed E-state index contributed by atoms with van der Waals surface area (Å²) in [7, 11) is 1.69. The van der Waals surface area contributed by atoms with Crippen LogP contribution >= 0.6 is 0 Å². The predicted molar refractivity (Wildman–Crippen MR) is 112 cm³/mol. The van der Waals surface area contributed by atoms with Gasteiger partial charge in [-0.25, -0.2) is 0 Å². The molecule has 3 nitrogen and oxygen atoms in total. The molecule has 2 aromatic rings. The SMILES string of the molecule is C#CC(/C=C/c1ccccc1)=NC.CC.CC(=O)c1ccccc1OC(F)(F)F. The Morgan fingerprint density at radius 1 is 1.07 bits per heavy atom. The summed E-state index contributed by atoms with van der Waals surface area (Å²) in [4.78, 5) is 14.8. The van der Waals surface area contributed by atoms with Crippen LogP contribution in [0.5, 0.6) is 5.75 Å². The highest BCUT2D eigenvalue weighted by molar-refractivity contribution is 6.10. The van der Waals surface area contributed by atoms with E-state index in [4.69, 9.17) is 6.42 Å². The van der Waals surface area contributed by atoms with Crippen molar-refractivity contribution in [3.8, 4) is 18.1 Å². The molecule has 29 heavy (non-hydrogen) atoms. The van der Waals surface area contributed by atoms with Crippen LogP contribution in [0, 0.1) is 12.3 Å². The van der Waals surface area contributed by atoms with Crippen molar-refractivity contribution >= 4 is 17.6 Å². The number of ether oxygens (including phenoxy) is 1. The van der Waals surface area contributed by atoms with Crippen LogP contribution in [0.15, 0.2) is 65.7 Å². The lowest BCUT2D eigenvalue weighted by Gasteiger charge is -2.10. The molecule has 0 saturated heterocycles. The fraction of sp³-hybridized carbons (Fsp3) is 0.217. The fourth-order valence-electron chi connectivity index (χ4n) is 1.90. The fourth-order valence-corrected chi connectivity index (χ4v) is 1.90. The number of carbonyl (C=O) groups excluding carboxylic acids is 1. The van der Waals surface area contributed by atoms with Crippen LogP contribution in [0.4, 0.5) is 13.2 Å². The second-order valence-corrected chi connectivity index (χ2v) is 5.10. The number of ketones is 1. The minimum atomic E-state index is -4.77. The lowest BCUT2D eigenvalue weighted by Crippen LogP contribution is -2.18. The Morgan fingerprint density at radius 2 is 1.62 bits per heavy atom. The van der Waals surface area contributed by atoms with Crippen molar-refractivity contribution in [2.45, 2.75) is 27.1 Å². The minimum absolute atomic E-state index is 0.0789. The summed E-state index contributed by atoms with van der Waals surface area (Å²) in [5, 5.41) is 0. The van der Waals surface area contributed by atoms with Gasteiger partial charge in [0, 0.05) is 7.05 Å². The largest absolute Gasteiger partial charge is 0.573 e. The van der Waals surface area contributed by atoms with Crippen molar-refractivity contribution in [2.75, 3.05) is 7.05 Å². The molecule has 0 aliphatic rings. The number of carbonyl (C=O) groups is 1. The van der Waals surface area contributed by atoms with Crippen LogP contribution in [0.2, 0.25) is 0 Å². The second kappa shape index (κ2) is 13.8. The van der Waals surface area contributed by atoms with E-state index in [-0.39, 0.29) is 5.56 Å². The van der Waals surface area contributed by atoms with Crippen LogP contribution in [0.1, 0.15) is 36.7 Å². The van der Waals surface area contributed by atoms with Gasteiger partial charge in [0.05, 0.1) is 5.56 Å². The molecule has 0 spiro atoms. The summed E-state index contributed by atoms with van der Waals surface area (Å²) in [5.74, 6) is 1.55. The quantitative estimate of drug-likeness (QED) is 0.345. The number of terminal acetylenes is 1. The predicted octanol–water partition coefficient (Wildman–Crippen LogP) is 6.22. The highest BCUT2D eigenvalue weighted by Gasteiger charge is 2.32. The van der Waals surface area contributed by atoms with Gasteiger partial charge in [-0.3, -0.25) is 9.79 Å². The van der Waals surface area contributed by atoms with Gasteiger partial charge in [0.25, 0.3) is 0 Å². The van der Waals surface area contributed by atoms with E-state index in [0.29, 0.717) is 5.71 Å². The number of Topliss-reactive ketones (excluding diaryl/α,β-unsaturated/α-hetero) is 1. The first-order chi connectivity index (χ1) is 13.8. The molecule has 0 aromatic heterocycles. The Bertz CT molecular complexity index is 848. The Hall–Kier alpha value is -3.33. The molecule has 0 amide bonds. The number of para-hydroxylation sites is 1. The smallest absolute Gasteiger partial charge is 0.405 e. The summed E-state index contributed by atoms with van der Waals surface area (Å²) in [6.07, 6.45) is 4.22. The zero-order chi connectivity index (χ0) is 22.3. The number of halogens is 3. The van der Waals surface area contributed by atoms with E-state index < -0.39 is 17.9 Å². The Labute approximate surface area is 169 Å². The zero-order valence-electron chi connectivity index (χ0n) is 16.8. The van der Waals surface area contributed by atoms with Crippen LogP contribution in [-0.2, 0) is 0 Å². The lowest BCUT2D eigenvalue weighted by molar-refractivity contribution is -0.274. The van der Waals surface area contributed by atoms with Gasteiger partial charge in [-0.15, -0.1) is 19.6 Å². The first-order valence-electron chi connectivity index (χ1n) is 8.79. The standard InChI is InChI=1S/C12H11N.C9H7F3O2.C2H6/c1-3-12(13-2)10-9-11-7-5-4-6-8-11;1-6(13)7-4-2-3-5-8(7)14-9(10,11)12;1-2/h1,4-10H,2H3;2-5H,1H3;1-2H3/b10-9+,13-12?;;. The Balaban J connectivity index is 0.000000499. The molecule has 2 aromatic carbocycles. The number of hydrogen-bond donors (Lipinski definition) is 0. The molecule has 0 heterocycles. The number of aliphatic imine (C=N–C) groups is 1. The van der Waals surface area contributed by atoms with Crippen molar-refractivity contribution < 1.29 is 22.7 Å². The van der Waals surface area contributed by atoms with E-state index >= 15 is 0 Å². The molecular weight excluding hydrogens is 379 g/mol. The van der Waals surface area contributed by atoms with E-state index in [2.05, 4.69) is 15.6 Å². The average molecular weight is 403 g/mol.